The van der Waals surface area contributed by atoms with Crippen molar-refractivity contribution in [2.45, 2.75) is 37.1 Å². The normalized spacial score (nSPS) is 21.0. The Labute approximate surface area is 174 Å². The minimum absolute atomic E-state index is 0.00624. The van der Waals surface area contributed by atoms with Crippen molar-refractivity contribution in [1.82, 2.24) is 5.32 Å². The number of nitrogens with one attached hydrogen (secondary N) is 1. The van der Waals surface area contributed by atoms with Gasteiger partial charge in [0.05, 0.1) is 12.0 Å². The fourth-order valence-corrected chi connectivity index (χ4v) is 5.58. The van der Waals surface area contributed by atoms with Gasteiger partial charge in [-0.1, -0.05) is 48.5 Å². The molecule has 152 valence electrons. The van der Waals surface area contributed by atoms with Crippen molar-refractivity contribution < 1.29 is 19.4 Å². The lowest BCUT2D eigenvalue weighted by Crippen LogP contribution is -2.50. The summed E-state index contributed by atoms with van der Waals surface area (Å²) >= 11 is 1.81. The Hall–Kier alpha value is -2.47. The molecule has 1 fully saturated rings. The van der Waals surface area contributed by atoms with Gasteiger partial charge in [0.1, 0.15) is 6.61 Å². The van der Waals surface area contributed by atoms with Gasteiger partial charge in [-0.25, -0.2) is 4.79 Å². The molecule has 1 amide bonds. The van der Waals surface area contributed by atoms with Gasteiger partial charge >= 0.3 is 12.1 Å². The topological polar surface area (TPSA) is 75.6 Å². The highest BCUT2D eigenvalue weighted by atomic mass is 32.2. The molecule has 1 aliphatic carbocycles. The quantitative estimate of drug-likeness (QED) is 0.749. The summed E-state index contributed by atoms with van der Waals surface area (Å²) in [5.74, 6) is 0.939. The summed E-state index contributed by atoms with van der Waals surface area (Å²) in [6, 6.07) is 16.4. The highest BCUT2D eigenvalue weighted by molar-refractivity contribution is 7.99. The average molecular weight is 412 g/mol. The van der Waals surface area contributed by atoms with Crippen molar-refractivity contribution in [3.05, 3.63) is 59.7 Å². The van der Waals surface area contributed by atoms with Crippen LogP contribution in [0.1, 0.15) is 42.7 Å². The number of alkyl carbamates (subject to hydrolysis) is 1. The summed E-state index contributed by atoms with van der Waals surface area (Å²) < 4.78 is 5.64. The van der Waals surface area contributed by atoms with Crippen LogP contribution < -0.4 is 5.32 Å². The summed E-state index contributed by atoms with van der Waals surface area (Å²) in [6.45, 7) is 0.234. The zero-order valence-corrected chi connectivity index (χ0v) is 17.0. The summed E-state index contributed by atoms with van der Waals surface area (Å²) in [6.07, 6.45) is 1.60. The fourth-order valence-electron chi connectivity index (χ4n) is 4.49. The number of hydrogen-bond acceptors (Lipinski definition) is 4. The van der Waals surface area contributed by atoms with Crippen LogP contribution in [-0.4, -0.2) is 40.8 Å². The highest BCUT2D eigenvalue weighted by Gasteiger charge is 2.36. The molecule has 1 atom stereocenters. The van der Waals surface area contributed by atoms with Gasteiger partial charge in [0.25, 0.3) is 0 Å². The molecule has 0 radical (unpaired) electrons. The molecule has 1 saturated heterocycles. The Balaban J connectivity index is 1.47. The van der Waals surface area contributed by atoms with Gasteiger partial charge in [0.15, 0.2) is 0 Å². The molecule has 0 bridgehead atoms. The Bertz CT molecular complexity index is 860. The number of aliphatic carboxylic acids is 1. The predicted octanol–water partition coefficient (Wildman–Crippen LogP) is 4.66. The molecule has 2 N–H and O–H groups in total. The van der Waals surface area contributed by atoms with E-state index in [4.69, 9.17) is 4.74 Å². The molecule has 0 saturated carbocycles. The average Bonchev–Trinajstić information content (AvgIpc) is 2.84. The Morgan fingerprint density at radius 2 is 1.69 bits per heavy atom. The number of ether oxygens (including phenoxy) is 1. The number of hydrogen-bond donors (Lipinski definition) is 2. The lowest BCUT2D eigenvalue weighted by Gasteiger charge is -2.32. The number of rotatable bonds is 5. The molecule has 2 aromatic rings. The predicted molar refractivity (Wildman–Crippen MR) is 114 cm³/mol. The lowest BCUT2D eigenvalue weighted by atomic mass is 9.87. The van der Waals surface area contributed by atoms with E-state index in [0.29, 0.717) is 12.8 Å². The van der Waals surface area contributed by atoms with Crippen molar-refractivity contribution in [3.8, 4) is 11.1 Å². The van der Waals surface area contributed by atoms with Crippen molar-refractivity contribution in [3.63, 3.8) is 0 Å². The third kappa shape index (κ3) is 4.27. The van der Waals surface area contributed by atoms with Gasteiger partial charge in [-0.3, -0.25) is 4.79 Å². The van der Waals surface area contributed by atoms with Crippen LogP contribution in [0.2, 0.25) is 0 Å². The first-order valence-corrected chi connectivity index (χ1v) is 11.2. The van der Waals surface area contributed by atoms with Crippen LogP contribution in [0.5, 0.6) is 0 Å². The Morgan fingerprint density at radius 1 is 1.03 bits per heavy atom. The molecule has 1 unspecified atom stereocenters. The first-order valence-electron chi connectivity index (χ1n) is 10.0. The minimum atomic E-state index is -0.893. The maximum Gasteiger partial charge on any atom is 0.407 e. The van der Waals surface area contributed by atoms with Gasteiger partial charge < -0.3 is 15.2 Å². The number of carbonyl (C=O) groups excluding carboxylic acids is 1. The summed E-state index contributed by atoms with van der Waals surface area (Å²) in [5, 5.41) is 12.3. The fraction of sp³-hybridized carbons (Fsp3) is 0.391. The largest absolute Gasteiger partial charge is 0.481 e. The summed E-state index contributed by atoms with van der Waals surface area (Å²) in [4.78, 5) is 24.1. The van der Waals surface area contributed by atoms with Gasteiger partial charge in [-0.05, 0) is 53.0 Å². The minimum Gasteiger partial charge on any atom is -0.481 e. The second kappa shape index (κ2) is 8.49. The van der Waals surface area contributed by atoms with E-state index >= 15 is 0 Å². The number of fused-ring (bicyclic) bond motifs is 3. The number of carboxylic acids is 1. The van der Waals surface area contributed by atoms with Crippen LogP contribution in [0, 0.1) is 0 Å². The maximum atomic E-state index is 12.7. The second-order valence-electron chi connectivity index (χ2n) is 7.77. The maximum absolute atomic E-state index is 12.7. The van der Waals surface area contributed by atoms with E-state index in [9.17, 15) is 14.7 Å². The number of carbonyl (C=O) groups is 2. The van der Waals surface area contributed by atoms with E-state index in [1.54, 1.807) is 11.8 Å². The number of thioether (sulfide) groups is 1. The summed E-state index contributed by atoms with van der Waals surface area (Å²) in [5.41, 5.74) is 3.96. The van der Waals surface area contributed by atoms with Crippen LogP contribution >= 0.6 is 11.8 Å². The molecule has 1 aliphatic heterocycles. The van der Waals surface area contributed by atoms with E-state index in [1.807, 2.05) is 24.3 Å². The van der Waals surface area contributed by atoms with Crippen LogP contribution in [0.3, 0.4) is 0 Å². The third-order valence-electron chi connectivity index (χ3n) is 5.87. The first kappa shape index (κ1) is 19.8. The third-order valence-corrected chi connectivity index (χ3v) is 6.94. The zero-order chi connectivity index (χ0) is 20.3. The molecule has 4 rings (SSSR count). The van der Waals surface area contributed by atoms with Crippen LogP contribution in [0.15, 0.2) is 48.5 Å². The first-order chi connectivity index (χ1) is 14.1. The molecule has 2 aliphatic rings. The van der Waals surface area contributed by atoms with Crippen LogP contribution in [-0.2, 0) is 9.53 Å². The van der Waals surface area contributed by atoms with Crippen molar-refractivity contribution in [2.75, 3.05) is 18.1 Å². The van der Waals surface area contributed by atoms with Gasteiger partial charge in [-0.2, -0.15) is 11.8 Å². The standard InChI is InChI=1S/C23H25NO4S/c25-21(26)14-23(10-5-12-29-13-11-23)24-22(27)28-15-20-18-8-3-1-6-16(18)17-7-2-4-9-19(17)20/h1-4,6-9,20H,5,10-15H2,(H,24,27)(H,25,26). The molecule has 0 aromatic heterocycles. The second-order valence-corrected chi connectivity index (χ2v) is 8.99. The SMILES string of the molecule is O=C(O)CC1(NC(=O)OCC2c3ccccc3-c3ccccc32)CCCSCC1. The van der Waals surface area contributed by atoms with Gasteiger partial charge in [-0.15, -0.1) is 0 Å². The number of carboxylic acid groups (broad SMARTS) is 1. The molecule has 1 heterocycles. The Morgan fingerprint density at radius 3 is 2.34 bits per heavy atom. The molecular weight excluding hydrogens is 386 g/mol. The van der Waals surface area contributed by atoms with E-state index < -0.39 is 17.6 Å². The molecule has 29 heavy (non-hydrogen) atoms. The number of amides is 1. The smallest absolute Gasteiger partial charge is 0.407 e. The van der Waals surface area contributed by atoms with E-state index in [0.717, 1.165) is 29.1 Å². The highest BCUT2D eigenvalue weighted by Crippen LogP contribution is 2.44. The lowest BCUT2D eigenvalue weighted by molar-refractivity contribution is -0.138. The monoisotopic (exact) mass is 411 g/mol. The van der Waals surface area contributed by atoms with E-state index in [2.05, 4.69) is 29.6 Å². The van der Waals surface area contributed by atoms with Crippen LogP contribution in [0.4, 0.5) is 4.79 Å². The molecular formula is C23H25NO4S. The Kier molecular flexibility index (Phi) is 5.81. The van der Waals surface area contributed by atoms with Gasteiger partial charge in [0, 0.05) is 5.92 Å². The molecule has 0 spiro atoms. The number of benzene rings is 2. The van der Waals surface area contributed by atoms with Crippen molar-refractivity contribution >= 4 is 23.8 Å². The van der Waals surface area contributed by atoms with E-state index in [1.165, 1.54) is 11.1 Å². The van der Waals surface area contributed by atoms with Crippen LogP contribution in [0.25, 0.3) is 11.1 Å². The van der Waals surface area contributed by atoms with Crippen molar-refractivity contribution in [1.29, 1.82) is 0 Å². The van der Waals surface area contributed by atoms with E-state index in [-0.39, 0.29) is 18.9 Å². The van der Waals surface area contributed by atoms with Gasteiger partial charge in [0.2, 0.25) is 0 Å². The molecule has 5 nitrogen and oxygen atoms in total. The zero-order valence-electron chi connectivity index (χ0n) is 16.2. The molecule has 6 heteroatoms. The molecule has 2 aromatic carbocycles. The van der Waals surface area contributed by atoms with Crippen molar-refractivity contribution in [2.24, 2.45) is 0 Å². The summed E-state index contributed by atoms with van der Waals surface area (Å²) in [7, 11) is 0.